The highest BCUT2D eigenvalue weighted by Gasteiger charge is 2.64. The van der Waals surface area contributed by atoms with Crippen molar-refractivity contribution < 1.29 is 23.9 Å². The Labute approximate surface area is 339 Å². The van der Waals surface area contributed by atoms with Crippen molar-refractivity contribution in [2.45, 2.75) is 84.2 Å². The Morgan fingerprint density at radius 3 is 2.18 bits per heavy atom. The van der Waals surface area contributed by atoms with Gasteiger partial charge in [-0.25, -0.2) is 0 Å². The Balaban J connectivity index is 0.802. The molecule has 298 valence electrons. The second kappa shape index (κ2) is 15.0. The fourth-order valence-electron chi connectivity index (χ4n) is 10.2. The first kappa shape index (κ1) is 38.7. The van der Waals surface area contributed by atoms with E-state index in [0.29, 0.717) is 46.5 Å². The summed E-state index contributed by atoms with van der Waals surface area (Å²) in [4.78, 5) is 59.8. The summed E-state index contributed by atoms with van der Waals surface area (Å²) in [6, 6.07) is 20.9. The number of piperazine rings is 1. The maximum atomic E-state index is 13.5. The van der Waals surface area contributed by atoms with E-state index in [1.165, 1.54) is 0 Å². The Kier molecular flexibility index (Phi) is 10.2. The lowest BCUT2D eigenvalue weighted by Crippen LogP contribution is -2.74. The van der Waals surface area contributed by atoms with Crippen molar-refractivity contribution in [1.82, 2.24) is 20.4 Å². The van der Waals surface area contributed by atoms with Gasteiger partial charge in [0.05, 0.1) is 10.6 Å². The summed E-state index contributed by atoms with van der Waals surface area (Å²) < 4.78 is 6.39. The molecule has 0 radical (unpaired) electrons. The van der Waals surface area contributed by atoms with Gasteiger partial charge >= 0.3 is 0 Å². The number of ether oxygens (including phenoxy) is 1. The molecule has 4 heterocycles. The number of nitrogens with one attached hydrogen (secondary N) is 2. The SMILES string of the molecule is CC1(C)[C@H](NC(=O)c2ccc(N3CCN(C4CCN(c5ccc6c(c5)CN(C5CCC(=O)NC5=O)C6=O)CC4)CC3)cc2)C(C)(C)[C@H]1Oc1ccc(C#N)c(Cl)c1. The van der Waals surface area contributed by atoms with Gasteiger partial charge in [-0.05, 0) is 79.4 Å². The summed E-state index contributed by atoms with van der Waals surface area (Å²) >= 11 is 6.26. The lowest BCUT2D eigenvalue weighted by Gasteiger charge is -2.63. The number of halogens is 1. The van der Waals surface area contributed by atoms with E-state index in [-0.39, 0.29) is 53.0 Å². The van der Waals surface area contributed by atoms with Crippen molar-refractivity contribution in [3.63, 3.8) is 0 Å². The molecule has 0 aromatic heterocycles. The zero-order valence-electron chi connectivity index (χ0n) is 33.0. The molecule has 1 aliphatic carbocycles. The number of hydrogen-bond donors (Lipinski definition) is 2. The number of anilines is 2. The van der Waals surface area contributed by atoms with Gasteiger partial charge in [0.25, 0.3) is 11.8 Å². The molecule has 12 nitrogen and oxygen atoms in total. The molecule has 2 N–H and O–H groups in total. The molecule has 1 saturated carbocycles. The van der Waals surface area contributed by atoms with E-state index < -0.39 is 6.04 Å². The molecule has 5 aliphatic rings. The van der Waals surface area contributed by atoms with Crippen LogP contribution in [-0.2, 0) is 16.1 Å². The molecule has 4 aliphatic heterocycles. The third-order valence-electron chi connectivity index (χ3n) is 13.1. The van der Waals surface area contributed by atoms with E-state index in [2.05, 4.69) is 77.3 Å². The minimum atomic E-state index is -0.605. The van der Waals surface area contributed by atoms with Gasteiger partial charge < -0.3 is 24.8 Å². The van der Waals surface area contributed by atoms with Gasteiger partial charge in [-0.3, -0.25) is 29.4 Å². The average Bonchev–Trinajstić information content (AvgIpc) is 3.53. The number of benzene rings is 3. The molecule has 57 heavy (non-hydrogen) atoms. The number of nitriles is 1. The molecule has 8 rings (SSSR count). The zero-order chi connectivity index (χ0) is 40.2. The molecule has 3 aromatic carbocycles. The van der Waals surface area contributed by atoms with Crippen LogP contribution in [0.1, 0.15) is 85.2 Å². The molecule has 4 fully saturated rings. The monoisotopic (exact) mass is 791 g/mol. The maximum Gasteiger partial charge on any atom is 0.255 e. The van der Waals surface area contributed by atoms with E-state index in [1.807, 2.05) is 24.3 Å². The minimum absolute atomic E-state index is 0.105. The van der Waals surface area contributed by atoms with Gasteiger partial charge in [0.15, 0.2) is 0 Å². The van der Waals surface area contributed by atoms with Crippen molar-refractivity contribution in [1.29, 1.82) is 5.26 Å². The third-order valence-corrected chi connectivity index (χ3v) is 13.4. The number of amides is 4. The highest BCUT2D eigenvalue weighted by atomic mass is 35.5. The predicted octanol–water partition coefficient (Wildman–Crippen LogP) is 5.38. The number of imide groups is 1. The predicted molar refractivity (Wildman–Crippen MR) is 217 cm³/mol. The second-order valence-corrected chi connectivity index (χ2v) is 17.7. The van der Waals surface area contributed by atoms with Gasteiger partial charge in [0.1, 0.15) is 24.0 Å². The van der Waals surface area contributed by atoms with Crippen LogP contribution in [0.25, 0.3) is 0 Å². The molecule has 3 saturated heterocycles. The number of carbonyl (C=O) groups excluding carboxylic acids is 4. The smallest absolute Gasteiger partial charge is 0.255 e. The number of hydrogen-bond acceptors (Lipinski definition) is 9. The summed E-state index contributed by atoms with van der Waals surface area (Å²) in [6.45, 7) is 14.5. The molecule has 0 bridgehead atoms. The van der Waals surface area contributed by atoms with Crippen molar-refractivity contribution in [3.8, 4) is 11.8 Å². The molecule has 1 atom stereocenters. The van der Waals surface area contributed by atoms with E-state index in [0.717, 1.165) is 69.0 Å². The largest absolute Gasteiger partial charge is 0.489 e. The van der Waals surface area contributed by atoms with Gasteiger partial charge in [0, 0.05) is 104 Å². The van der Waals surface area contributed by atoms with E-state index >= 15 is 0 Å². The summed E-state index contributed by atoms with van der Waals surface area (Å²) in [5.41, 5.74) is 4.14. The number of rotatable bonds is 8. The van der Waals surface area contributed by atoms with Crippen molar-refractivity contribution >= 4 is 46.6 Å². The molecule has 3 aromatic rings. The Morgan fingerprint density at radius 1 is 0.860 bits per heavy atom. The molecular formula is C44H50ClN7O5. The summed E-state index contributed by atoms with van der Waals surface area (Å²) in [7, 11) is 0. The molecular weight excluding hydrogens is 742 g/mol. The first-order chi connectivity index (χ1) is 27.2. The molecule has 13 heteroatoms. The number of carbonyl (C=O) groups is 4. The highest BCUT2D eigenvalue weighted by Crippen LogP contribution is 2.55. The fraction of sp³-hybridized carbons (Fsp3) is 0.477. The summed E-state index contributed by atoms with van der Waals surface area (Å²) in [5.74, 6) is -0.312. The number of fused-ring (bicyclic) bond motifs is 1. The van der Waals surface area contributed by atoms with Crippen LogP contribution < -0.4 is 25.2 Å². The maximum absolute atomic E-state index is 13.5. The van der Waals surface area contributed by atoms with Crippen molar-refractivity contribution in [2.75, 3.05) is 49.1 Å². The van der Waals surface area contributed by atoms with Crippen LogP contribution >= 0.6 is 11.6 Å². The average molecular weight is 792 g/mol. The standard InChI is InChI=1S/C44H50ClN7O5/c1-43(2)41(44(3,4)42(43)57-33-11-7-28(25-46)35(45)24-33)48-38(54)27-5-8-30(9-6-27)50-19-21-51(22-20-50)31-15-17-49(18-16-31)32-10-12-34-29(23-32)26-52(40(34)56)36-13-14-37(53)47-39(36)55/h5-12,23-24,31,36,41-42H,13-22,26H2,1-4H3,(H,48,54)(H,47,53,55)/t36?,41-,42-. The Bertz CT molecular complexity index is 2120. The van der Waals surface area contributed by atoms with Crippen LogP contribution in [0.4, 0.5) is 11.4 Å². The normalized spacial score (nSPS) is 24.7. The lowest BCUT2D eigenvalue weighted by atomic mass is 9.49. The van der Waals surface area contributed by atoms with Gasteiger partial charge in [-0.1, -0.05) is 39.3 Å². The third kappa shape index (κ3) is 7.21. The van der Waals surface area contributed by atoms with Crippen molar-refractivity contribution in [2.24, 2.45) is 10.8 Å². The van der Waals surface area contributed by atoms with Crippen molar-refractivity contribution in [3.05, 3.63) is 87.9 Å². The van der Waals surface area contributed by atoms with Crippen LogP contribution in [-0.4, -0.2) is 96.9 Å². The van der Waals surface area contributed by atoms with Crippen LogP contribution in [0, 0.1) is 22.2 Å². The highest BCUT2D eigenvalue weighted by molar-refractivity contribution is 6.31. The van der Waals surface area contributed by atoms with Crippen LogP contribution in [0.3, 0.4) is 0 Å². The van der Waals surface area contributed by atoms with Crippen LogP contribution in [0.15, 0.2) is 60.7 Å². The first-order valence-corrected chi connectivity index (χ1v) is 20.4. The number of nitrogens with zero attached hydrogens (tertiary/aromatic N) is 5. The van der Waals surface area contributed by atoms with E-state index in [4.69, 9.17) is 16.3 Å². The van der Waals surface area contributed by atoms with E-state index in [1.54, 1.807) is 23.1 Å². The quantitative estimate of drug-likeness (QED) is 0.289. The van der Waals surface area contributed by atoms with Gasteiger partial charge in [-0.15, -0.1) is 0 Å². The topological polar surface area (TPSA) is 138 Å². The minimum Gasteiger partial charge on any atom is -0.489 e. The lowest BCUT2D eigenvalue weighted by molar-refractivity contribution is -0.164. The molecule has 4 amide bonds. The first-order valence-electron chi connectivity index (χ1n) is 20.0. The number of piperidine rings is 2. The summed E-state index contributed by atoms with van der Waals surface area (Å²) in [5, 5.41) is 15.2. The molecule has 1 unspecified atom stereocenters. The Hall–Kier alpha value is -5.12. The Morgan fingerprint density at radius 2 is 1.53 bits per heavy atom. The fourth-order valence-corrected chi connectivity index (χ4v) is 10.4. The van der Waals surface area contributed by atoms with Crippen LogP contribution in [0.2, 0.25) is 5.02 Å². The zero-order valence-corrected chi connectivity index (χ0v) is 33.8. The molecule has 0 spiro atoms. The second-order valence-electron chi connectivity index (χ2n) is 17.3. The van der Waals surface area contributed by atoms with Crippen LogP contribution in [0.5, 0.6) is 5.75 Å². The van der Waals surface area contributed by atoms with Gasteiger partial charge in [0.2, 0.25) is 11.8 Å². The van der Waals surface area contributed by atoms with E-state index in [9.17, 15) is 24.4 Å². The summed E-state index contributed by atoms with van der Waals surface area (Å²) in [6.07, 6.45) is 2.56. The van der Waals surface area contributed by atoms with Gasteiger partial charge in [-0.2, -0.15) is 5.26 Å².